The van der Waals surface area contributed by atoms with Crippen molar-refractivity contribution in [2.45, 2.75) is 34.6 Å². The standard InChI is InChI=1S/C8H8N4.2C2H6/c1-7-4-12(6-11-7)8-2-3-9-5-10-8;2*1-2/h2-6H,1H3;2*1-2H3. The first-order valence-electron chi connectivity index (χ1n) is 5.63. The fourth-order valence-electron chi connectivity index (χ4n) is 0.983. The van der Waals surface area contributed by atoms with Gasteiger partial charge in [0.2, 0.25) is 0 Å². The van der Waals surface area contributed by atoms with E-state index in [1.807, 2.05) is 51.4 Å². The summed E-state index contributed by atoms with van der Waals surface area (Å²) in [5.41, 5.74) is 0.980. The smallest absolute Gasteiger partial charge is 0.141 e. The van der Waals surface area contributed by atoms with E-state index in [4.69, 9.17) is 0 Å². The lowest BCUT2D eigenvalue weighted by Crippen LogP contribution is -1.93. The number of aryl methyl sites for hydroxylation is 1. The second-order valence-electron chi connectivity index (χ2n) is 2.49. The first kappa shape index (κ1) is 14.3. The van der Waals surface area contributed by atoms with E-state index in [1.165, 1.54) is 6.33 Å². The molecule has 2 heterocycles. The summed E-state index contributed by atoms with van der Waals surface area (Å²) in [6.45, 7) is 9.94. The predicted molar refractivity (Wildman–Crippen MR) is 66.6 cm³/mol. The molecule has 88 valence electrons. The highest BCUT2D eigenvalue weighted by Gasteiger charge is 1.96. The van der Waals surface area contributed by atoms with Gasteiger partial charge < -0.3 is 0 Å². The predicted octanol–water partition coefficient (Wildman–Crippen LogP) is 3.02. The summed E-state index contributed by atoms with van der Waals surface area (Å²) in [6, 6.07) is 1.83. The Morgan fingerprint density at radius 3 is 2.19 bits per heavy atom. The van der Waals surface area contributed by atoms with Gasteiger partial charge in [0.1, 0.15) is 18.5 Å². The molecule has 0 saturated heterocycles. The second-order valence-corrected chi connectivity index (χ2v) is 2.49. The average Bonchev–Trinajstić information content (AvgIpc) is 2.82. The van der Waals surface area contributed by atoms with E-state index in [-0.39, 0.29) is 0 Å². The molecule has 0 atom stereocenters. The average molecular weight is 220 g/mol. The highest BCUT2D eigenvalue weighted by molar-refractivity contribution is 5.19. The number of aromatic nitrogens is 4. The minimum atomic E-state index is 0.839. The van der Waals surface area contributed by atoms with Crippen LogP contribution in [0.2, 0.25) is 0 Å². The summed E-state index contributed by atoms with van der Waals surface area (Å²) in [5, 5.41) is 0. The largest absolute Gasteiger partial charge is 0.290 e. The minimum absolute atomic E-state index is 0.839. The lowest BCUT2D eigenvalue weighted by atomic mass is 10.5. The van der Waals surface area contributed by atoms with Crippen LogP contribution < -0.4 is 0 Å². The molecule has 4 heteroatoms. The minimum Gasteiger partial charge on any atom is -0.290 e. The molecular weight excluding hydrogens is 200 g/mol. The van der Waals surface area contributed by atoms with Crippen LogP contribution in [0.3, 0.4) is 0 Å². The van der Waals surface area contributed by atoms with Gasteiger partial charge in [0.05, 0.1) is 5.69 Å². The van der Waals surface area contributed by atoms with Gasteiger partial charge in [-0.2, -0.15) is 0 Å². The maximum atomic E-state index is 4.10. The van der Waals surface area contributed by atoms with Gasteiger partial charge in [-0.05, 0) is 13.0 Å². The summed E-state index contributed by atoms with van der Waals surface area (Å²) >= 11 is 0. The number of nitrogens with zero attached hydrogens (tertiary/aromatic N) is 4. The van der Waals surface area contributed by atoms with E-state index >= 15 is 0 Å². The van der Waals surface area contributed by atoms with Gasteiger partial charge in [-0.25, -0.2) is 15.0 Å². The number of rotatable bonds is 1. The zero-order chi connectivity index (χ0) is 12.4. The molecule has 4 nitrogen and oxygen atoms in total. The molecule has 2 aromatic rings. The molecule has 2 aromatic heterocycles. The maximum Gasteiger partial charge on any atom is 0.141 e. The number of imidazole rings is 1. The van der Waals surface area contributed by atoms with E-state index in [9.17, 15) is 0 Å². The Hall–Kier alpha value is -1.71. The van der Waals surface area contributed by atoms with Gasteiger partial charge in [-0.3, -0.25) is 4.57 Å². The summed E-state index contributed by atoms with van der Waals surface area (Å²) in [4.78, 5) is 12.0. The van der Waals surface area contributed by atoms with Crippen molar-refractivity contribution in [2.75, 3.05) is 0 Å². The molecular formula is C12H20N4. The summed E-state index contributed by atoms with van der Waals surface area (Å²) in [6.07, 6.45) is 6.88. The molecule has 0 radical (unpaired) electrons. The molecule has 0 aliphatic heterocycles. The van der Waals surface area contributed by atoms with Gasteiger partial charge in [-0.15, -0.1) is 0 Å². The molecule has 0 spiro atoms. The molecule has 0 aliphatic carbocycles. The molecule has 0 bridgehead atoms. The Labute approximate surface area is 97.4 Å². The van der Waals surface area contributed by atoms with Crippen LogP contribution in [-0.2, 0) is 0 Å². The van der Waals surface area contributed by atoms with Crippen molar-refractivity contribution in [2.24, 2.45) is 0 Å². The van der Waals surface area contributed by atoms with Gasteiger partial charge in [0.15, 0.2) is 0 Å². The highest BCUT2D eigenvalue weighted by atomic mass is 15.1. The molecule has 2 rings (SSSR count). The van der Waals surface area contributed by atoms with E-state index in [1.54, 1.807) is 12.5 Å². The van der Waals surface area contributed by atoms with Crippen LogP contribution in [0.1, 0.15) is 33.4 Å². The van der Waals surface area contributed by atoms with Crippen LogP contribution in [0.25, 0.3) is 5.82 Å². The van der Waals surface area contributed by atoms with Crippen molar-refractivity contribution in [1.82, 2.24) is 19.5 Å². The maximum absolute atomic E-state index is 4.10. The number of hydrogen-bond acceptors (Lipinski definition) is 3. The Morgan fingerprint density at radius 2 is 1.75 bits per heavy atom. The third kappa shape index (κ3) is 4.21. The Kier molecular flexibility index (Phi) is 7.67. The zero-order valence-electron chi connectivity index (χ0n) is 10.7. The van der Waals surface area contributed by atoms with E-state index in [2.05, 4.69) is 15.0 Å². The Bertz CT molecular complexity index is 368. The highest BCUT2D eigenvalue weighted by Crippen LogP contribution is 2.02. The third-order valence-corrected chi connectivity index (χ3v) is 1.54. The Balaban J connectivity index is 0.000000509. The monoisotopic (exact) mass is 220 g/mol. The van der Waals surface area contributed by atoms with Crippen molar-refractivity contribution in [3.63, 3.8) is 0 Å². The summed E-state index contributed by atoms with van der Waals surface area (Å²) in [5.74, 6) is 0.839. The van der Waals surface area contributed by atoms with Crippen molar-refractivity contribution >= 4 is 0 Å². The fourth-order valence-corrected chi connectivity index (χ4v) is 0.983. The van der Waals surface area contributed by atoms with Crippen LogP contribution >= 0.6 is 0 Å². The van der Waals surface area contributed by atoms with Crippen LogP contribution in [0, 0.1) is 6.92 Å². The van der Waals surface area contributed by atoms with Crippen LogP contribution in [-0.4, -0.2) is 19.5 Å². The van der Waals surface area contributed by atoms with E-state index < -0.39 is 0 Å². The summed E-state index contributed by atoms with van der Waals surface area (Å²) in [7, 11) is 0. The lowest BCUT2D eigenvalue weighted by Gasteiger charge is -1.96. The van der Waals surface area contributed by atoms with Gasteiger partial charge >= 0.3 is 0 Å². The Morgan fingerprint density at radius 1 is 1.06 bits per heavy atom. The lowest BCUT2D eigenvalue weighted by molar-refractivity contribution is 0.970. The molecule has 0 N–H and O–H groups in total. The summed E-state index contributed by atoms with van der Waals surface area (Å²) < 4.78 is 1.86. The molecule has 0 amide bonds. The van der Waals surface area contributed by atoms with Gasteiger partial charge in [0.25, 0.3) is 0 Å². The normalized spacial score (nSPS) is 8.31. The van der Waals surface area contributed by atoms with Crippen molar-refractivity contribution in [1.29, 1.82) is 0 Å². The quantitative estimate of drug-likeness (QED) is 0.742. The van der Waals surface area contributed by atoms with Crippen molar-refractivity contribution in [3.8, 4) is 5.82 Å². The molecule has 16 heavy (non-hydrogen) atoms. The van der Waals surface area contributed by atoms with Gasteiger partial charge in [0, 0.05) is 12.4 Å². The molecule has 0 unspecified atom stereocenters. The van der Waals surface area contributed by atoms with Crippen molar-refractivity contribution < 1.29 is 0 Å². The van der Waals surface area contributed by atoms with Crippen molar-refractivity contribution in [3.05, 3.63) is 36.8 Å². The first-order valence-corrected chi connectivity index (χ1v) is 5.63. The third-order valence-electron chi connectivity index (χ3n) is 1.54. The van der Waals surface area contributed by atoms with Crippen LogP contribution in [0.4, 0.5) is 0 Å². The zero-order valence-corrected chi connectivity index (χ0v) is 10.7. The number of hydrogen-bond donors (Lipinski definition) is 0. The second kappa shape index (κ2) is 8.59. The van der Waals surface area contributed by atoms with Gasteiger partial charge in [-0.1, -0.05) is 27.7 Å². The molecule has 0 fully saturated rings. The molecule has 0 saturated carbocycles. The van der Waals surface area contributed by atoms with Crippen LogP contribution in [0.15, 0.2) is 31.1 Å². The SMILES string of the molecule is CC.CC.Cc1cn(-c2ccncn2)cn1. The van der Waals surface area contributed by atoms with E-state index in [0.717, 1.165) is 11.5 Å². The molecule has 0 aromatic carbocycles. The van der Waals surface area contributed by atoms with Crippen LogP contribution in [0.5, 0.6) is 0 Å². The fraction of sp³-hybridized carbons (Fsp3) is 0.417. The first-order chi connectivity index (χ1) is 7.86. The topological polar surface area (TPSA) is 43.6 Å². The van der Waals surface area contributed by atoms with E-state index in [0.29, 0.717) is 0 Å². The molecule has 0 aliphatic rings.